The van der Waals surface area contributed by atoms with Crippen LogP contribution in [0.2, 0.25) is 0 Å². The molecule has 1 amide bonds. The van der Waals surface area contributed by atoms with Crippen molar-refractivity contribution in [2.24, 2.45) is 0 Å². The topological polar surface area (TPSA) is 73.9 Å². The number of ether oxygens (including phenoxy) is 3. The van der Waals surface area contributed by atoms with Gasteiger partial charge in [0.05, 0.1) is 12.2 Å². The minimum absolute atomic E-state index is 0.211. The first kappa shape index (κ1) is 19.5. The van der Waals surface area contributed by atoms with Gasteiger partial charge in [-0.05, 0) is 61.4 Å². The van der Waals surface area contributed by atoms with Crippen molar-refractivity contribution >= 4 is 34.3 Å². The second-order valence-corrected chi connectivity index (χ2v) is 8.09. The van der Waals surface area contributed by atoms with Gasteiger partial charge in [-0.3, -0.25) is 4.79 Å². The van der Waals surface area contributed by atoms with Gasteiger partial charge in [-0.1, -0.05) is 13.0 Å². The molecule has 0 saturated carbocycles. The summed E-state index contributed by atoms with van der Waals surface area (Å²) in [5.41, 5.74) is 2.40. The normalized spacial score (nSPS) is 14.7. The predicted molar refractivity (Wildman–Crippen MR) is 112 cm³/mol. The number of anilines is 1. The Balaban J connectivity index is 1.51. The number of hydrogen-bond acceptors (Lipinski definition) is 6. The Hall–Kier alpha value is -2.80. The molecule has 0 fully saturated rings. The Morgan fingerprint density at radius 2 is 2.03 bits per heavy atom. The molecule has 0 spiro atoms. The van der Waals surface area contributed by atoms with Gasteiger partial charge in [-0.25, -0.2) is 4.79 Å². The van der Waals surface area contributed by atoms with Crippen molar-refractivity contribution in [3.8, 4) is 11.5 Å². The van der Waals surface area contributed by atoms with Crippen LogP contribution < -0.4 is 14.8 Å². The van der Waals surface area contributed by atoms with E-state index in [1.807, 2.05) is 25.1 Å². The van der Waals surface area contributed by atoms with Crippen LogP contribution in [0.4, 0.5) is 5.00 Å². The van der Waals surface area contributed by atoms with Gasteiger partial charge in [0, 0.05) is 11.0 Å². The standard InChI is InChI=1S/C22H23NO5S/c1-2-11-26-22(25)20-15-5-3-4-6-18(15)29-21(20)23-19(24)10-8-14-7-9-16-17(12-14)28-13-27-16/h7-10,12H,2-6,11,13H2,1H3,(H,23,24). The second kappa shape index (κ2) is 8.69. The van der Waals surface area contributed by atoms with E-state index in [0.29, 0.717) is 28.7 Å². The van der Waals surface area contributed by atoms with E-state index in [4.69, 9.17) is 14.2 Å². The average Bonchev–Trinajstić information content (AvgIpc) is 3.34. The van der Waals surface area contributed by atoms with E-state index in [1.165, 1.54) is 22.3 Å². The Morgan fingerprint density at radius 1 is 1.21 bits per heavy atom. The summed E-state index contributed by atoms with van der Waals surface area (Å²) in [4.78, 5) is 26.3. The van der Waals surface area contributed by atoms with E-state index in [2.05, 4.69) is 5.32 Å². The maximum atomic E-state index is 12.6. The Kier molecular flexibility index (Phi) is 5.85. The summed E-state index contributed by atoms with van der Waals surface area (Å²) in [7, 11) is 0. The van der Waals surface area contributed by atoms with Gasteiger partial charge in [0.2, 0.25) is 12.7 Å². The quantitative estimate of drug-likeness (QED) is 0.555. The van der Waals surface area contributed by atoms with Crippen LogP contribution >= 0.6 is 11.3 Å². The molecule has 1 aromatic heterocycles. The molecule has 1 aromatic carbocycles. The highest BCUT2D eigenvalue weighted by Gasteiger charge is 2.27. The van der Waals surface area contributed by atoms with Gasteiger partial charge in [0.25, 0.3) is 0 Å². The smallest absolute Gasteiger partial charge is 0.341 e. The van der Waals surface area contributed by atoms with Crippen LogP contribution in [0.25, 0.3) is 6.08 Å². The van der Waals surface area contributed by atoms with Crippen LogP contribution in [0, 0.1) is 0 Å². The zero-order valence-corrected chi connectivity index (χ0v) is 17.1. The first-order chi connectivity index (χ1) is 14.2. The number of nitrogens with one attached hydrogen (secondary N) is 1. The largest absolute Gasteiger partial charge is 0.462 e. The number of carbonyl (C=O) groups is 2. The summed E-state index contributed by atoms with van der Waals surface area (Å²) in [6, 6.07) is 5.49. The number of esters is 1. The van der Waals surface area contributed by atoms with Crippen molar-refractivity contribution in [1.29, 1.82) is 0 Å². The lowest BCUT2D eigenvalue weighted by molar-refractivity contribution is -0.111. The van der Waals surface area contributed by atoms with Crippen molar-refractivity contribution in [1.82, 2.24) is 0 Å². The van der Waals surface area contributed by atoms with E-state index in [-0.39, 0.29) is 18.7 Å². The number of rotatable bonds is 6. The fraction of sp³-hybridized carbons (Fsp3) is 0.364. The summed E-state index contributed by atoms with van der Waals surface area (Å²) in [6.07, 6.45) is 7.88. The molecule has 7 heteroatoms. The van der Waals surface area contributed by atoms with Gasteiger partial charge < -0.3 is 19.5 Å². The third kappa shape index (κ3) is 4.29. The minimum Gasteiger partial charge on any atom is -0.462 e. The summed E-state index contributed by atoms with van der Waals surface area (Å²) >= 11 is 1.49. The molecule has 6 nitrogen and oxygen atoms in total. The zero-order valence-electron chi connectivity index (χ0n) is 16.3. The van der Waals surface area contributed by atoms with Crippen LogP contribution in [0.5, 0.6) is 11.5 Å². The minimum atomic E-state index is -0.346. The first-order valence-electron chi connectivity index (χ1n) is 9.86. The lowest BCUT2D eigenvalue weighted by Gasteiger charge is -2.12. The molecule has 0 unspecified atom stereocenters. The Bertz CT molecular complexity index is 962. The number of amides is 1. The summed E-state index contributed by atoms with van der Waals surface area (Å²) in [5.74, 6) is 0.734. The molecule has 2 aliphatic rings. The number of carbonyl (C=O) groups excluding carboxylic acids is 2. The van der Waals surface area contributed by atoms with E-state index in [9.17, 15) is 9.59 Å². The molecule has 0 bridgehead atoms. The average molecular weight is 413 g/mol. The van der Waals surface area contributed by atoms with Gasteiger partial charge >= 0.3 is 5.97 Å². The van der Waals surface area contributed by atoms with E-state index in [1.54, 1.807) is 6.08 Å². The van der Waals surface area contributed by atoms with Crippen molar-refractivity contribution in [3.63, 3.8) is 0 Å². The van der Waals surface area contributed by atoms with Crippen molar-refractivity contribution in [3.05, 3.63) is 45.8 Å². The molecule has 1 aliphatic heterocycles. The van der Waals surface area contributed by atoms with Crippen molar-refractivity contribution < 1.29 is 23.8 Å². The lowest BCUT2D eigenvalue weighted by Crippen LogP contribution is -2.14. The van der Waals surface area contributed by atoms with Crippen LogP contribution in [0.15, 0.2) is 24.3 Å². The fourth-order valence-corrected chi connectivity index (χ4v) is 4.76. The monoisotopic (exact) mass is 413 g/mol. The Morgan fingerprint density at radius 3 is 2.90 bits per heavy atom. The van der Waals surface area contributed by atoms with Crippen LogP contribution in [-0.4, -0.2) is 25.3 Å². The van der Waals surface area contributed by atoms with Gasteiger partial charge in [-0.15, -0.1) is 11.3 Å². The molecule has 152 valence electrons. The van der Waals surface area contributed by atoms with Crippen LogP contribution in [-0.2, 0) is 22.4 Å². The third-order valence-electron chi connectivity index (χ3n) is 4.87. The Labute approximate surface area is 173 Å². The molecular formula is C22H23NO5S. The second-order valence-electron chi connectivity index (χ2n) is 6.99. The maximum Gasteiger partial charge on any atom is 0.341 e. The third-order valence-corrected chi connectivity index (χ3v) is 6.08. The molecule has 29 heavy (non-hydrogen) atoms. The van der Waals surface area contributed by atoms with Gasteiger partial charge in [0.15, 0.2) is 11.5 Å². The number of hydrogen-bond donors (Lipinski definition) is 1. The summed E-state index contributed by atoms with van der Waals surface area (Å²) < 4.78 is 16.0. The van der Waals surface area contributed by atoms with Crippen LogP contribution in [0.3, 0.4) is 0 Å². The number of fused-ring (bicyclic) bond motifs is 2. The molecular weight excluding hydrogens is 390 g/mol. The highest BCUT2D eigenvalue weighted by molar-refractivity contribution is 7.17. The molecule has 1 aliphatic carbocycles. The number of thiophene rings is 1. The summed E-state index contributed by atoms with van der Waals surface area (Å²) in [6.45, 7) is 2.55. The van der Waals surface area contributed by atoms with Crippen molar-refractivity contribution in [2.75, 3.05) is 18.7 Å². The van der Waals surface area contributed by atoms with Crippen LogP contribution in [0.1, 0.15) is 52.5 Å². The molecule has 2 aromatic rings. The van der Waals surface area contributed by atoms with E-state index >= 15 is 0 Å². The van der Waals surface area contributed by atoms with Crippen molar-refractivity contribution in [2.45, 2.75) is 39.0 Å². The highest BCUT2D eigenvalue weighted by atomic mass is 32.1. The first-order valence-corrected chi connectivity index (χ1v) is 10.7. The molecule has 0 radical (unpaired) electrons. The molecule has 1 N–H and O–H groups in total. The highest BCUT2D eigenvalue weighted by Crippen LogP contribution is 2.38. The van der Waals surface area contributed by atoms with Gasteiger partial charge in [-0.2, -0.15) is 0 Å². The molecule has 4 rings (SSSR count). The fourth-order valence-electron chi connectivity index (χ4n) is 3.48. The zero-order chi connectivity index (χ0) is 20.2. The number of aryl methyl sites for hydroxylation is 1. The predicted octanol–water partition coefficient (Wildman–Crippen LogP) is 4.57. The maximum absolute atomic E-state index is 12.6. The lowest BCUT2D eigenvalue weighted by atomic mass is 9.95. The van der Waals surface area contributed by atoms with E-state index in [0.717, 1.165) is 43.2 Å². The molecule has 0 saturated heterocycles. The van der Waals surface area contributed by atoms with E-state index < -0.39 is 0 Å². The molecule has 0 atom stereocenters. The van der Waals surface area contributed by atoms with Gasteiger partial charge in [0.1, 0.15) is 5.00 Å². The number of benzene rings is 1. The molecule has 2 heterocycles. The SMILES string of the molecule is CCCOC(=O)c1c(NC(=O)C=Cc2ccc3c(c2)OCO3)sc2c1CCCC2. The summed E-state index contributed by atoms with van der Waals surface area (Å²) in [5, 5.41) is 3.47.